The van der Waals surface area contributed by atoms with Crippen LogP contribution in [0.2, 0.25) is 0 Å². The SMILES string of the molecule is COc1cc(Nc2nc(S)nc3c2ncn3C2CCCCO2)cc(OC)c1O. The molecule has 3 aromatic rings. The summed E-state index contributed by atoms with van der Waals surface area (Å²) < 4.78 is 18.2. The molecule has 0 amide bonds. The highest BCUT2D eigenvalue weighted by atomic mass is 32.1. The molecule has 1 atom stereocenters. The minimum atomic E-state index is -0.0944. The number of imidazole rings is 1. The fourth-order valence-corrected chi connectivity index (χ4v) is 3.44. The standard InChI is InChI=1S/C18H21N5O4S/c1-25-11-7-10(8-12(26-2)15(11)24)20-16-14-17(22-18(28)21-16)23(9-19-14)13-5-3-4-6-27-13/h7-9,13,24H,3-6H2,1-2H3,(H2,20,21,22,28). The molecule has 0 bridgehead atoms. The molecule has 1 unspecified atom stereocenters. The molecule has 1 aliphatic heterocycles. The minimum absolute atomic E-state index is 0.0722. The summed E-state index contributed by atoms with van der Waals surface area (Å²) in [6, 6.07) is 3.29. The maximum atomic E-state index is 10.1. The Morgan fingerprint density at radius 1 is 1.21 bits per heavy atom. The maximum Gasteiger partial charge on any atom is 0.200 e. The second kappa shape index (κ2) is 7.72. The second-order valence-corrected chi connectivity index (χ2v) is 6.77. The number of anilines is 2. The van der Waals surface area contributed by atoms with Gasteiger partial charge in [-0.15, -0.1) is 12.6 Å². The summed E-state index contributed by atoms with van der Waals surface area (Å²) in [5, 5.41) is 13.6. The molecule has 2 aromatic heterocycles. The van der Waals surface area contributed by atoms with Crippen molar-refractivity contribution >= 4 is 35.3 Å². The van der Waals surface area contributed by atoms with Gasteiger partial charge in [0.1, 0.15) is 6.23 Å². The van der Waals surface area contributed by atoms with Gasteiger partial charge < -0.3 is 24.6 Å². The Hall–Kier alpha value is -2.72. The third kappa shape index (κ3) is 3.40. The van der Waals surface area contributed by atoms with Crippen LogP contribution in [0.4, 0.5) is 11.5 Å². The summed E-state index contributed by atoms with van der Waals surface area (Å²) in [6.45, 7) is 0.724. The molecule has 1 fully saturated rings. The Kier molecular flexibility index (Phi) is 5.14. The Morgan fingerprint density at radius 2 is 1.96 bits per heavy atom. The number of rotatable bonds is 5. The molecular weight excluding hydrogens is 382 g/mol. The van der Waals surface area contributed by atoms with E-state index in [4.69, 9.17) is 14.2 Å². The molecule has 10 heteroatoms. The van der Waals surface area contributed by atoms with Gasteiger partial charge in [-0.1, -0.05) is 0 Å². The molecule has 28 heavy (non-hydrogen) atoms. The van der Waals surface area contributed by atoms with Crippen molar-refractivity contribution in [3.8, 4) is 17.2 Å². The van der Waals surface area contributed by atoms with Gasteiger partial charge in [-0.3, -0.25) is 4.57 Å². The normalized spacial score (nSPS) is 16.9. The number of methoxy groups -OCH3 is 2. The number of hydrogen-bond donors (Lipinski definition) is 3. The number of nitrogens with one attached hydrogen (secondary N) is 1. The molecule has 0 saturated carbocycles. The van der Waals surface area contributed by atoms with Gasteiger partial charge in [-0.25, -0.2) is 15.0 Å². The van der Waals surface area contributed by atoms with Crippen molar-refractivity contribution in [2.24, 2.45) is 0 Å². The van der Waals surface area contributed by atoms with Crippen molar-refractivity contribution in [2.75, 3.05) is 26.1 Å². The number of hydrogen-bond acceptors (Lipinski definition) is 9. The number of fused-ring (bicyclic) bond motifs is 1. The molecule has 0 spiro atoms. The van der Waals surface area contributed by atoms with Crippen LogP contribution >= 0.6 is 12.6 Å². The van der Waals surface area contributed by atoms with E-state index >= 15 is 0 Å². The fraction of sp³-hybridized carbons (Fsp3) is 0.389. The van der Waals surface area contributed by atoms with Gasteiger partial charge in [0.25, 0.3) is 0 Å². The van der Waals surface area contributed by atoms with Crippen molar-refractivity contribution < 1.29 is 19.3 Å². The third-order valence-electron chi connectivity index (χ3n) is 4.62. The summed E-state index contributed by atoms with van der Waals surface area (Å²) in [7, 11) is 2.94. The lowest BCUT2D eigenvalue weighted by atomic mass is 10.2. The Bertz CT molecular complexity index is 978. The van der Waals surface area contributed by atoms with Gasteiger partial charge >= 0.3 is 0 Å². The first-order chi connectivity index (χ1) is 13.6. The zero-order valence-corrected chi connectivity index (χ0v) is 16.4. The van der Waals surface area contributed by atoms with Gasteiger partial charge in [0.15, 0.2) is 33.6 Å². The van der Waals surface area contributed by atoms with E-state index in [1.54, 1.807) is 18.5 Å². The van der Waals surface area contributed by atoms with E-state index in [9.17, 15) is 5.11 Å². The van der Waals surface area contributed by atoms with E-state index < -0.39 is 0 Å². The predicted octanol–water partition coefficient (Wildman–Crippen LogP) is 3.28. The van der Waals surface area contributed by atoms with Crippen molar-refractivity contribution in [1.82, 2.24) is 19.5 Å². The van der Waals surface area contributed by atoms with Crippen LogP contribution < -0.4 is 14.8 Å². The number of thiol groups is 1. The van der Waals surface area contributed by atoms with E-state index in [0.717, 1.165) is 25.9 Å². The zero-order valence-electron chi connectivity index (χ0n) is 15.5. The first kappa shape index (κ1) is 18.6. The van der Waals surface area contributed by atoms with Crippen molar-refractivity contribution in [3.63, 3.8) is 0 Å². The number of aromatic nitrogens is 4. The molecule has 0 radical (unpaired) electrons. The van der Waals surface area contributed by atoms with Crippen LogP contribution in [0.3, 0.4) is 0 Å². The molecule has 0 aliphatic carbocycles. The summed E-state index contributed by atoms with van der Waals surface area (Å²) in [5.74, 6) is 0.968. The molecule has 2 N–H and O–H groups in total. The van der Waals surface area contributed by atoms with Crippen molar-refractivity contribution in [1.29, 1.82) is 0 Å². The smallest absolute Gasteiger partial charge is 0.200 e. The Labute approximate surface area is 167 Å². The van der Waals surface area contributed by atoms with Crippen LogP contribution in [-0.2, 0) is 4.74 Å². The fourth-order valence-electron chi connectivity index (χ4n) is 3.25. The van der Waals surface area contributed by atoms with Crippen LogP contribution in [0, 0.1) is 0 Å². The molecule has 4 rings (SSSR count). The highest BCUT2D eigenvalue weighted by Crippen LogP contribution is 2.40. The first-order valence-electron chi connectivity index (χ1n) is 8.88. The van der Waals surface area contributed by atoms with E-state index in [1.807, 2.05) is 4.57 Å². The number of nitrogens with zero attached hydrogens (tertiary/aromatic N) is 4. The predicted molar refractivity (Wildman–Crippen MR) is 106 cm³/mol. The molecule has 1 aromatic carbocycles. The van der Waals surface area contributed by atoms with Gasteiger partial charge in [0, 0.05) is 24.4 Å². The summed E-state index contributed by atoms with van der Waals surface area (Å²) >= 11 is 4.34. The second-order valence-electron chi connectivity index (χ2n) is 6.37. The number of ether oxygens (including phenoxy) is 3. The molecular formula is C18H21N5O4S. The van der Waals surface area contributed by atoms with Gasteiger partial charge in [0.05, 0.1) is 20.5 Å². The van der Waals surface area contributed by atoms with E-state index in [0.29, 0.717) is 27.8 Å². The summed E-state index contributed by atoms with van der Waals surface area (Å²) in [5.41, 5.74) is 1.85. The quantitative estimate of drug-likeness (QED) is 0.339. The first-order valence-corrected chi connectivity index (χ1v) is 9.32. The van der Waals surface area contributed by atoms with Crippen molar-refractivity contribution in [3.05, 3.63) is 18.5 Å². The third-order valence-corrected chi connectivity index (χ3v) is 4.82. The van der Waals surface area contributed by atoms with E-state index in [-0.39, 0.29) is 23.5 Å². The molecule has 9 nitrogen and oxygen atoms in total. The van der Waals surface area contributed by atoms with E-state index in [2.05, 4.69) is 32.9 Å². The van der Waals surface area contributed by atoms with Gasteiger partial charge in [0.2, 0.25) is 5.75 Å². The van der Waals surface area contributed by atoms with Gasteiger partial charge in [-0.2, -0.15) is 0 Å². The highest BCUT2D eigenvalue weighted by Gasteiger charge is 2.21. The summed E-state index contributed by atoms with van der Waals surface area (Å²) in [4.78, 5) is 13.3. The van der Waals surface area contributed by atoms with Crippen LogP contribution in [0.25, 0.3) is 11.2 Å². The lowest BCUT2D eigenvalue weighted by molar-refractivity contribution is -0.0298. The van der Waals surface area contributed by atoms with Crippen LogP contribution in [0.5, 0.6) is 17.2 Å². The number of phenols is 1. The van der Waals surface area contributed by atoms with Crippen LogP contribution in [0.15, 0.2) is 23.6 Å². The summed E-state index contributed by atoms with van der Waals surface area (Å²) in [6.07, 6.45) is 4.69. The van der Waals surface area contributed by atoms with E-state index in [1.165, 1.54) is 14.2 Å². The average molecular weight is 403 g/mol. The number of benzene rings is 1. The van der Waals surface area contributed by atoms with Gasteiger partial charge in [-0.05, 0) is 19.3 Å². The topological polar surface area (TPSA) is 104 Å². The van der Waals surface area contributed by atoms with Crippen LogP contribution in [0.1, 0.15) is 25.5 Å². The monoisotopic (exact) mass is 403 g/mol. The number of aromatic hydroxyl groups is 1. The Balaban J connectivity index is 1.74. The minimum Gasteiger partial charge on any atom is -0.502 e. The van der Waals surface area contributed by atoms with Crippen LogP contribution in [-0.4, -0.2) is 45.5 Å². The lowest BCUT2D eigenvalue weighted by Crippen LogP contribution is -2.17. The molecule has 3 heterocycles. The largest absolute Gasteiger partial charge is 0.502 e. The molecule has 1 aliphatic rings. The highest BCUT2D eigenvalue weighted by molar-refractivity contribution is 7.80. The lowest BCUT2D eigenvalue weighted by Gasteiger charge is -2.23. The molecule has 148 valence electrons. The zero-order chi connectivity index (χ0) is 19.7. The molecule has 1 saturated heterocycles. The average Bonchev–Trinajstić information content (AvgIpc) is 3.13. The number of phenolic OH excluding ortho intramolecular Hbond substituents is 1. The van der Waals surface area contributed by atoms with Crippen molar-refractivity contribution in [2.45, 2.75) is 30.6 Å². The maximum absolute atomic E-state index is 10.1. The Morgan fingerprint density at radius 3 is 2.61 bits per heavy atom.